The summed E-state index contributed by atoms with van der Waals surface area (Å²) in [5, 5.41) is 35.7. The van der Waals surface area contributed by atoms with Crippen molar-refractivity contribution in [1.82, 2.24) is 14.3 Å². The zero-order valence-corrected chi connectivity index (χ0v) is 46.5. The highest BCUT2D eigenvalue weighted by Gasteiger charge is 2.50. The molecule has 0 saturated carbocycles. The van der Waals surface area contributed by atoms with E-state index in [4.69, 9.17) is 11.6 Å². The van der Waals surface area contributed by atoms with E-state index in [0.717, 1.165) is 39.2 Å². The first-order chi connectivity index (χ1) is 36.7. The van der Waals surface area contributed by atoms with Crippen molar-refractivity contribution in [3.63, 3.8) is 0 Å². The first kappa shape index (κ1) is 56.4. The zero-order valence-electron chi connectivity index (χ0n) is 43.2. The number of alkyl halides is 3. The molecule has 3 fully saturated rings. The summed E-state index contributed by atoms with van der Waals surface area (Å²) in [4.78, 5) is 20.2. The first-order valence-corrected chi connectivity index (χ1v) is 30.6. The molecular formula is C57H65ClF3N6O7PS2. The average molecular weight is 1130 g/mol. The fraction of sp³-hybridized carbons (Fsp3) is 0.386. The minimum Gasteiger partial charge on any atom is -0.478 e. The molecule has 4 N–H and O–H groups in total. The third-order valence-electron chi connectivity index (χ3n) is 15.2. The number of aliphatic hydroxyl groups is 1. The normalized spacial score (nSPS) is 19.7. The van der Waals surface area contributed by atoms with E-state index in [1.54, 1.807) is 12.1 Å². The van der Waals surface area contributed by atoms with E-state index in [9.17, 15) is 41.8 Å². The standard InChI is InChI=1S/C57H65ClF3N6O7PS2/c1-38(2)67-39(3)53(56(69)70)54(55(67)41-14-18-43(58)19-15-41)42-9-7-10-46(35-42)65-33-31-64(32-34-65)45-20-16-40(17-21-45)51-13-8-27-66(71)75(51,72)48-22-23-50(52(36-48)77(73,74)57(59,60)61)62-44(37-76-49-11-5-4-6-12-49)24-28-63-29-25-47(68)26-30-63/h4-7,9-12,14-23,35-36,38,44,47,51,62,68,71H,8,13,24-34,37H2,1-3H3,(H,69,70)/t44-,51+,75?/m1/s1. The Morgan fingerprint density at radius 2 is 1.48 bits per heavy atom. The van der Waals surface area contributed by atoms with Crippen LogP contribution in [0.3, 0.4) is 0 Å². The molecule has 410 valence electrons. The van der Waals surface area contributed by atoms with Gasteiger partial charge >= 0.3 is 11.5 Å². The number of nitrogens with zero attached hydrogens (tertiary/aromatic N) is 5. The summed E-state index contributed by atoms with van der Waals surface area (Å²) in [5.41, 5.74) is -0.395. The Morgan fingerprint density at radius 3 is 2.12 bits per heavy atom. The number of nitrogens with one attached hydrogen (secondary N) is 1. The van der Waals surface area contributed by atoms with E-state index in [2.05, 4.69) is 24.6 Å². The maximum atomic E-state index is 15.5. The maximum absolute atomic E-state index is 15.5. The summed E-state index contributed by atoms with van der Waals surface area (Å²) in [6.07, 6.45) is 2.07. The van der Waals surface area contributed by atoms with Crippen molar-refractivity contribution in [2.75, 3.05) is 73.2 Å². The largest absolute Gasteiger partial charge is 0.501 e. The molecule has 0 amide bonds. The average Bonchev–Trinajstić information content (AvgIpc) is 3.85. The Balaban J connectivity index is 0.947. The zero-order chi connectivity index (χ0) is 54.8. The van der Waals surface area contributed by atoms with Crippen molar-refractivity contribution >= 4 is 68.8 Å². The third kappa shape index (κ3) is 12.0. The number of hydroxylamine groups is 1. The van der Waals surface area contributed by atoms with Crippen LogP contribution in [0.2, 0.25) is 5.02 Å². The fourth-order valence-electron chi connectivity index (χ4n) is 11.2. The van der Waals surface area contributed by atoms with Crippen LogP contribution in [0.5, 0.6) is 0 Å². The Kier molecular flexibility index (Phi) is 17.3. The molecule has 1 aromatic heterocycles. The van der Waals surface area contributed by atoms with Crippen LogP contribution in [0.25, 0.3) is 22.4 Å². The van der Waals surface area contributed by atoms with Crippen molar-refractivity contribution in [3.05, 3.63) is 143 Å². The van der Waals surface area contributed by atoms with Gasteiger partial charge in [-0.2, -0.15) is 13.2 Å². The molecule has 0 aliphatic carbocycles. The second kappa shape index (κ2) is 23.6. The fourth-order valence-corrected chi connectivity index (χ4v) is 16.4. The smallest absolute Gasteiger partial charge is 0.478 e. The lowest BCUT2D eigenvalue weighted by atomic mass is 9.96. The highest BCUT2D eigenvalue weighted by molar-refractivity contribution is 7.99. The summed E-state index contributed by atoms with van der Waals surface area (Å²) >= 11 is 7.77. The van der Waals surface area contributed by atoms with Crippen molar-refractivity contribution in [3.8, 4) is 22.4 Å². The van der Waals surface area contributed by atoms with E-state index >= 15 is 4.57 Å². The van der Waals surface area contributed by atoms with Crippen LogP contribution in [0.15, 0.2) is 131 Å². The minimum absolute atomic E-state index is 0.0251. The van der Waals surface area contributed by atoms with Gasteiger partial charge in [0.1, 0.15) is 4.90 Å². The van der Waals surface area contributed by atoms with E-state index in [-0.39, 0.29) is 35.2 Å². The number of carboxylic acid groups (broad SMARTS) is 1. The number of anilines is 3. The topological polar surface area (TPSA) is 159 Å². The van der Waals surface area contributed by atoms with E-state index in [0.29, 0.717) is 110 Å². The molecule has 13 nitrogen and oxygen atoms in total. The van der Waals surface area contributed by atoms with E-state index < -0.39 is 45.2 Å². The van der Waals surface area contributed by atoms with Gasteiger partial charge in [0, 0.05) is 108 Å². The molecule has 0 bridgehead atoms. The number of benzene rings is 5. The van der Waals surface area contributed by atoms with E-state index in [1.807, 2.05) is 112 Å². The Bertz CT molecular complexity index is 3210. The lowest BCUT2D eigenvalue weighted by Crippen LogP contribution is -2.46. The number of aliphatic hydroxyl groups excluding tert-OH is 1. The predicted octanol–water partition coefficient (Wildman–Crippen LogP) is 12.2. The monoisotopic (exact) mass is 1130 g/mol. The predicted molar refractivity (Wildman–Crippen MR) is 302 cm³/mol. The summed E-state index contributed by atoms with van der Waals surface area (Å²) in [6.45, 7) is 10.3. The van der Waals surface area contributed by atoms with Gasteiger partial charge in [-0.15, -0.1) is 16.6 Å². The van der Waals surface area contributed by atoms with Gasteiger partial charge in [-0.05, 0) is 136 Å². The highest BCUT2D eigenvalue weighted by Crippen LogP contribution is 2.64. The van der Waals surface area contributed by atoms with Crippen LogP contribution in [-0.4, -0.2) is 120 Å². The molecule has 4 heterocycles. The first-order valence-electron chi connectivity index (χ1n) is 26.1. The molecule has 20 heteroatoms. The number of piperidine rings is 1. The molecular weight excluding hydrogens is 1070 g/mol. The van der Waals surface area contributed by atoms with Gasteiger partial charge in [0.2, 0.25) is 7.29 Å². The van der Waals surface area contributed by atoms with Crippen LogP contribution >= 0.6 is 30.7 Å². The number of aromatic nitrogens is 1. The van der Waals surface area contributed by atoms with Crippen molar-refractivity contribution in [2.45, 2.75) is 92.0 Å². The number of thioether (sulfide) groups is 1. The minimum atomic E-state index is -5.99. The van der Waals surface area contributed by atoms with Gasteiger partial charge in [-0.1, -0.05) is 66.2 Å². The number of hydrogen-bond acceptors (Lipinski definition) is 11. The van der Waals surface area contributed by atoms with Crippen LogP contribution in [0.4, 0.5) is 30.2 Å². The highest BCUT2D eigenvalue weighted by atomic mass is 35.5. The molecule has 3 saturated heterocycles. The van der Waals surface area contributed by atoms with Crippen LogP contribution in [-0.2, 0) is 14.4 Å². The molecule has 3 atom stereocenters. The summed E-state index contributed by atoms with van der Waals surface area (Å²) in [7, 11) is -10.2. The quantitative estimate of drug-likeness (QED) is 0.0505. The second-order valence-corrected chi connectivity index (χ2v) is 26.7. The van der Waals surface area contributed by atoms with Gasteiger partial charge in [-0.25, -0.2) is 13.2 Å². The number of halogens is 4. The van der Waals surface area contributed by atoms with Crippen molar-refractivity contribution in [2.24, 2.45) is 0 Å². The summed E-state index contributed by atoms with van der Waals surface area (Å²) in [6, 6.07) is 35.3. The van der Waals surface area contributed by atoms with Crippen molar-refractivity contribution in [1.29, 1.82) is 0 Å². The molecule has 3 aliphatic heterocycles. The van der Waals surface area contributed by atoms with Crippen LogP contribution in [0.1, 0.15) is 79.3 Å². The van der Waals surface area contributed by atoms with Gasteiger partial charge in [0.15, 0.2) is 0 Å². The lowest BCUT2D eigenvalue weighted by Gasteiger charge is -2.39. The molecule has 77 heavy (non-hydrogen) atoms. The van der Waals surface area contributed by atoms with Gasteiger partial charge in [-0.3, -0.25) is 4.57 Å². The summed E-state index contributed by atoms with van der Waals surface area (Å²) in [5.74, 6) is -0.609. The molecule has 5 aromatic carbocycles. The van der Waals surface area contributed by atoms with E-state index in [1.165, 1.54) is 23.9 Å². The second-order valence-electron chi connectivity index (χ2n) is 20.4. The molecule has 9 rings (SSSR count). The summed E-state index contributed by atoms with van der Waals surface area (Å²) < 4.78 is 88.6. The SMILES string of the molecule is Cc1c(C(=O)O)c(-c2cccc(N3CCN(c4ccc([C@@H]5CCCN(O)P5(=O)c5ccc(N[C@H](CCN6CCC(O)CC6)CSc6ccccc6)c(S(=O)(=O)C(F)(F)F)c5)cc4)CC3)c2)c(-c2ccc(Cl)cc2)n1C(C)C. The number of likely N-dealkylation sites (tertiary alicyclic amines) is 1. The number of piperazine rings is 1. The number of sulfone groups is 1. The number of aromatic carboxylic acids is 1. The van der Waals surface area contributed by atoms with Gasteiger partial charge in [0.25, 0.3) is 9.84 Å². The molecule has 6 aromatic rings. The molecule has 3 aliphatic rings. The van der Waals surface area contributed by atoms with Crippen LogP contribution < -0.4 is 20.4 Å². The van der Waals surface area contributed by atoms with Crippen molar-refractivity contribution < 1.29 is 46.4 Å². The number of carboxylic acids is 1. The molecule has 0 radical (unpaired) electrons. The number of hydrogen-bond donors (Lipinski definition) is 4. The molecule has 1 unspecified atom stereocenters. The van der Waals surface area contributed by atoms with Gasteiger partial charge in [0.05, 0.1) is 28.7 Å². The Morgan fingerprint density at radius 1 is 0.818 bits per heavy atom. The maximum Gasteiger partial charge on any atom is 0.501 e. The lowest BCUT2D eigenvalue weighted by molar-refractivity contribution is -0.0435. The van der Waals surface area contributed by atoms with Gasteiger partial charge < -0.3 is 40.0 Å². The number of rotatable bonds is 17. The van der Waals surface area contributed by atoms with Crippen LogP contribution in [0, 0.1) is 6.92 Å². The Labute approximate surface area is 457 Å². The number of carbonyl (C=O) groups is 1. The molecule has 0 spiro atoms. The Hall–Kier alpha value is -5.30. The third-order valence-corrected chi connectivity index (χ3v) is 21.4.